The third-order valence-electron chi connectivity index (χ3n) is 5.27. The van der Waals surface area contributed by atoms with Gasteiger partial charge in [0.25, 0.3) is 0 Å². The largest absolute Gasteiger partial charge is 0.494 e. The lowest BCUT2D eigenvalue weighted by Crippen LogP contribution is -2.49. The van der Waals surface area contributed by atoms with Crippen LogP contribution in [0.4, 0.5) is 4.39 Å². The van der Waals surface area contributed by atoms with E-state index in [0.29, 0.717) is 24.3 Å². The molecule has 0 aliphatic carbocycles. The second-order valence-electron chi connectivity index (χ2n) is 7.27. The maximum Gasteiger partial charge on any atom is 0.193 e. The van der Waals surface area contributed by atoms with Crippen molar-refractivity contribution in [2.45, 2.75) is 32.2 Å². The van der Waals surface area contributed by atoms with Crippen LogP contribution in [-0.4, -0.2) is 53.7 Å². The van der Waals surface area contributed by atoms with Crippen molar-refractivity contribution in [1.82, 2.24) is 19.8 Å². The molecular weight excluding hydrogens is 484 g/mol. The van der Waals surface area contributed by atoms with Gasteiger partial charge in [0.05, 0.1) is 19.0 Å². The summed E-state index contributed by atoms with van der Waals surface area (Å²) in [5.41, 5.74) is 0. The first-order valence-corrected chi connectivity index (χ1v) is 9.99. The third kappa shape index (κ3) is 6.87. The van der Waals surface area contributed by atoms with Crippen LogP contribution in [-0.2, 0) is 0 Å². The van der Waals surface area contributed by atoms with Gasteiger partial charge in [0, 0.05) is 39.1 Å². The zero-order valence-corrected chi connectivity index (χ0v) is 19.5. The van der Waals surface area contributed by atoms with Crippen LogP contribution in [0.25, 0.3) is 0 Å². The molecule has 2 heterocycles. The van der Waals surface area contributed by atoms with Gasteiger partial charge in [0.2, 0.25) is 0 Å². The van der Waals surface area contributed by atoms with Crippen LogP contribution < -0.4 is 10.1 Å². The molecule has 0 bridgehead atoms. The Hall–Kier alpha value is -1.84. The molecule has 1 aromatic heterocycles. The van der Waals surface area contributed by atoms with Crippen molar-refractivity contribution in [3.63, 3.8) is 0 Å². The van der Waals surface area contributed by atoms with Crippen molar-refractivity contribution in [3.8, 4) is 5.75 Å². The summed E-state index contributed by atoms with van der Waals surface area (Å²) >= 11 is 0. The van der Waals surface area contributed by atoms with E-state index < -0.39 is 0 Å². The van der Waals surface area contributed by atoms with Crippen LogP contribution in [0.1, 0.15) is 32.2 Å². The second kappa shape index (κ2) is 12.0. The lowest BCUT2D eigenvalue weighted by atomic mass is 9.93. The minimum atomic E-state index is -0.245. The van der Waals surface area contributed by atoms with Gasteiger partial charge in [0.15, 0.2) is 5.96 Å². The number of nitrogens with zero attached hydrogens (tertiary/aromatic N) is 4. The average molecular weight is 515 g/mol. The first kappa shape index (κ1) is 23.4. The summed E-state index contributed by atoms with van der Waals surface area (Å²) in [6.07, 6.45) is 8.83. The molecule has 0 saturated carbocycles. The Balaban J connectivity index is 0.00000300. The zero-order chi connectivity index (χ0) is 19.8. The molecule has 1 fully saturated rings. The summed E-state index contributed by atoms with van der Waals surface area (Å²) in [4.78, 5) is 11.0. The second-order valence-corrected chi connectivity index (χ2v) is 7.27. The first-order chi connectivity index (χ1) is 13.7. The fourth-order valence-corrected chi connectivity index (χ4v) is 3.58. The molecule has 6 nitrogen and oxygen atoms in total. The average Bonchev–Trinajstić information content (AvgIpc) is 3.24. The molecule has 2 unspecified atom stereocenters. The third-order valence-corrected chi connectivity index (χ3v) is 5.27. The number of likely N-dealkylation sites (tertiary alicyclic amines) is 1. The number of guanidine groups is 1. The molecule has 1 saturated heterocycles. The summed E-state index contributed by atoms with van der Waals surface area (Å²) in [6, 6.07) is 6.56. The van der Waals surface area contributed by atoms with Crippen molar-refractivity contribution < 1.29 is 9.13 Å². The van der Waals surface area contributed by atoms with E-state index >= 15 is 0 Å². The van der Waals surface area contributed by atoms with Crippen LogP contribution in [0.5, 0.6) is 5.75 Å². The number of piperidine rings is 1. The molecular formula is C21H31FIN5O. The minimum Gasteiger partial charge on any atom is -0.494 e. The number of ether oxygens (including phenoxy) is 1. The normalized spacial score (nSPS) is 19.6. The number of imidazole rings is 1. The Morgan fingerprint density at radius 1 is 1.31 bits per heavy atom. The Kier molecular flexibility index (Phi) is 9.69. The summed E-state index contributed by atoms with van der Waals surface area (Å²) < 4.78 is 20.7. The highest BCUT2D eigenvalue weighted by molar-refractivity contribution is 14.0. The molecule has 0 radical (unpaired) electrons. The molecule has 29 heavy (non-hydrogen) atoms. The fraction of sp³-hybridized carbons (Fsp3) is 0.524. The van der Waals surface area contributed by atoms with Gasteiger partial charge in [-0.15, -0.1) is 24.0 Å². The number of nitrogens with one attached hydrogen (secondary N) is 1. The van der Waals surface area contributed by atoms with Gasteiger partial charge < -0.3 is 19.5 Å². The highest BCUT2D eigenvalue weighted by atomic mass is 127. The summed E-state index contributed by atoms with van der Waals surface area (Å²) in [5.74, 6) is 2.03. The Morgan fingerprint density at radius 2 is 2.10 bits per heavy atom. The van der Waals surface area contributed by atoms with E-state index in [1.807, 2.05) is 25.8 Å². The van der Waals surface area contributed by atoms with E-state index in [9.17, 15) is 4.39 Å². The van der Waals surface area contributed by atoms with Gasteiger partial charge in [-0.1, -0.05) is 6.92 Å². The number of benzene rings is 1. The fourth-order valence-electron chi connectivity index (χ4n) is 3.58. The Morgan fingerprint density at radius 3 is 2.79 bits per heavy atom. The summed E-state index contributed by atoms with van der Waals surface area (Å²) in [6.45, 7) is 5.72. The van der Waals surface area contributed by atoms with Gasteiger partial charge in [-0.3, -0.25) is 4.99 Å². The minimum absolute atomic E-state index is 0. The molecule has 2 atom stereocenters. The molecule has 1 aromatic carbocycles. The van der Waals surface area contributed by atoms with Crippen LogP contribution in [0.3, 0.4) is 0 Å². The quantitative estimate of drug-likeness (QED) is 0.263. The molecule has 1 aliphatic heterocycles. The first-order valence-electron chi connectivity index (χ1n) is 9.99. The van der Waals surface area contributed by atoms with E-state index in [1.54, 1.807) is 12.1 Å². The molecule has 0 spiro atoms. The number of unbranched alkanes of at least 4 members (excludes halogenated alkanes) is 1. The predicted molar refractivity (Wildman–Crippen MR) is 125 cm³/mol. The number of hydrogen-bond acceptors (Lipinski definition) is 3. The van der Waals surface area contributed by atoms with Crippen LogP contribution in [0.2, 0.25) is 0 Å². The van der Waals surface area contributed by atoms with E-state index in [1.165, 1.54) is 12.1 Å². The van der Waals surface area contributed by atoms with Crippen molar-refractivity contribution in [2.75, 3.05) is 33.3 Å². The van der Waals surface area contributed by atoms with Crippen LogP contribution >= 0.6 is 24.0 Å². The van der Waals surface area contributed by atoms with Crippen molar-refractivity contribution in [2.24, 2.45) is 10.9 Å². The summed E-state index contributed by atoms with van der Waals surface area (Å²) in [7, 11) is 1.84. The molecule has 0 amide bonds. The van der Waals surface area contributed by atoms with Crippen molar-refractivity contribution in [3.05, 3.63) is 48.8 Å². The molecule has 8 heteroatoms. The maximum absolute atomic E-state index is 12.9. The topological polar surface area (TPSA) is 54.7 Å². The van der Waals surface area contributed by atoms with Crippen LogP contribution in [0, 0.1) is 11.7 Å². The molecule has 1 N–H and O–H groups in total. The molecule has 3 rings (SSSR count). The van der Waals surface area contributed by atoms with Gasteiger partial charge in [-0.05, 0) is 49.4 Å². The molecule has 2 aromatic rings. The number of hydrogen-bond donors (Lipinski definition) is 1. The number of rotatable bonds is 7. The Labute approximate surface area is 189 Å². The van der Waals surface area contributed by atoms with Crippen molar-refractivity contribution >= 4 is 29.9 Å². The van der Waals surface area contributed by atoms with E-state index in [-0.39, 0.29) is 29.8 Å². The predicted octanol–water partition coefficient (Wildman–Crippen LogP) is 3.96. The highest BCUT2D eigenvalue weighted by Gasteiger charge is 2.28. The van der Waals surface area contributed by atoms with Crippen LogP contribution in [0.15, 0.2) is 48.0 Å². The van der Waals surface area contributed by atoms with Gasteiger partial charge in [-0.25, -0.2) is 9.37 Å². The zero-order valence-electron chi connectivity index (χ0n) is 17.1. The maximum atomic E-state index is 12.9. The standard InChI is InChI=1S/C21H30FN5O.HI/c1-17-9-12-26(15-20(17)27-13-11-24-16-27)21(23-2)25-10-3-4-14-28-19-7-5-18(22)6-8-19;/h5-8,11,13,16-17,20H,3-4,9-10,12,14-15H2,1-2H3,(H,23,25);1H. The monoisotopic (exact) mass is 515 g/mol. The number of aromatic nitrogens is 2. The lowest BCUT2D eigenvalue weighted by molar-refractivity contribution is 0.189. The number of halogens is 2. The summed E-state index contributed by atoms with van der Waals surface area (Å²) in [5, 5.41) is 3.47. The SMILES string of the molecule is CN=C(NCCCCOc1ccc(F)cc1)N1CCC(C)C(n2ccnc2)C1.I. The Bertz CT molecular complexity index is 738. The smallest absolute Gasteiger partial charge is 0.193 e. The van der Waals surface area contributed by atoms with E-state index in [0.717, 1.165) is 44.9 Å². The van der Waals surface area contributed by atoms with E-state index in [4.69, 9.17) is 4.74 Å². The molecule has 160 valence electrons. The lowest BCUT2D eigenvalue weighted by Gasteiger charge is -2.39. The van der Waals surface area contributed by atoms with E-state index in [2.05, 4.69) is 31.7 Å². The van der Waals surface area contributed by atoms with Crippen molar-refractivity contribution in [1.29, 1.82) is 0 Å². The van der Waals surface area contributed by atoms with Gasteiger partial charge in [0.1, 0.15) is 11.6 Å². The van der Waals surface area contributed by atoms with Gasteiger partial charge in [-0.2, -0.15) is 0 Å². The highest BCUT2D eigenvalue weighted by Crippen LogP contribution is 2.27. The molecule has 1 aliphatic rings. The number of aliphatic imine (C=N–C) groups is 1. The van der Waals surface area contributed by atoms with Gasteiger partial charge >= 0.3 is 0 Å².